The molecule has 0 amide bonds. The Morgan fingerprint density at radius 2 is 1.94 bits per heavy atom. The first-order valence-electron chi connectivity index (χ1n) is 5.09. The van der Waals surface area contributed by atoms with Gasteiger partial charge in [0.15, 0.2) is 6.29 Å². The summed E-state index contributed by atoms with van der Waals surface area (Å²) in [6.07, 6.45) is 0.777. The Kier molecular flexibility index (Phi) is 3.05. The number of thiophene rings is 2. The lowest BCUT2D eigenvalue weighted by Gasteiger charge is -2.19. The van der Waals surface area contributed by atoms with E-state index in [0.29, 0.717) is 11.1 Å². The molecule has 0 aromatic carbocycles. The molecule has 0 fully saturated rings. The van der Waals surface area contributed by atoms with Crippen molar-refractivity contribution < 1.29 is 14.3 Å². The Hall–Kier alpha value is -1.20. The SMILES string of the molecule is CC(C)(C)OC(=O)c1csc2scc(C=O)c12. The van der Waals surface area contributed by atoms with E-state index in [0.717, 1.165) is 15.7 Å². The average molecular weight is 268 g/mol. The maximum absolute atomic E-state index is 12.0. The van der Waals surface area contributed by atoms with E-state index in [-0.39, 0.29) is 5.97 Å². The number of rotatable bonds is 2. The summed E-state index contributed by atoms with van der Waals surface area (Å²) in [5, 5.41) is 4.24. The second kappa shape index (κ2) is 4.23. The fourth-order valence-electron chi connectivity index (χ4n) is 1.45. The van der Waals surface area contributed by atoms with E-state index >= 15 is 0 Å². The van der Waals surface area contributed by atoms with Crippen LogP contribution in [-0.4, -0.2) is 17.9 Å². The molecule has 17 heavy (non-hydrogen) atoms. The fourth-order valence-corrected chi connectivity index (χ4v) is 3.49. The van der Waals surface area contributed by atoms with Crippen molar-refractivity contribution in [1.82, 2.24) is 0 Å². The average Bonchev–Trinajstić information content (AvgIpc) is 2.73. The van der Waals surface area contributed by atoms with Gasteiger partial charge in [-0.3, -0.25) is 4.79 Å². The van der Waals surface area contributed by atoms with Crippen molar-refractivity contribution in [2.75, 3.05) is 0 Å². The van der Waals surface area contributed by atoms with E-state index in [1.165, 1.54) is 22.7 Å². The van der Waals surface area contributed by atoms with Gasteiger partial charge in [-0.15, -0.1) is 22.7 Å². The van der Waals surface area contributed by atoms with Crippen molar-refractivity contribution in [3.8, 4) is 0 Å². The number of esters is 1. The van der Waals surface area contributed by atoms with Gasteiger partial charge in [0.2, 0.25) is 0 Å². The minimum Gasteiger partial charge on any atom is -0.456 e. The van der Waals surface area contributed by atoms with Gasteiger partial charge in [-0.2, -0.15) is 0 Å². The molecule has 0 aliphatic carbocycles. The number of carbonyl (C=O) groups excluding carboxylic acids is 2. The molecule has 0 unspecified atom stereocenters. The monoisotopic (exact) mass is 268 g/mol. The lowest BCUT2D eigenvalue weighted by Crippen LogP contribution is -2.23. The Bertz CT molecular complexity index is 572. The van der Waals surface area contributed by atoms with Crippen LogP contribution in [0.1, 0.15) is 41.5 Å². The topological polar surface area (TPSA) is 43.4 Å². The molecule has 0 saturated heterocycles. The van der Waals surface area contributed by atoms with Crippen LogP contribution in [0.25, 0.3) is 9.40 Å². The van der Waals surface area contributed by atoms with Crippen molar-refractivity contribution in [3.63, 3.8) is 0 Å². The molecule has 0 aliphatic rings. The van der Waals surface area contributed by atoms with Gasteiger partial charge < -0.3 is 4.74 Å². The van der Waals surface area contributed by atoms with E-state index < -0.39 is 5.60 Å². The summed E-state index contributed by atoms with van der Waals surface area (Å²) in [5.41, 5.74) is 0.526. The van der Waals surface area contributed by atoms with Gasteiger partial charge in [-0.25, -0.2) is 4.79 Å². The molecule has 90 valence electrons. The summed E-state index contributed by atoms with van der Waals surface area (Å²) >= 11 is 2.94. The number of fused-ring (bicyclic) bond motifs is 1. The molecule has 0 N–H and O–H groups in total. The zero-order chi connectivity index (χ0) is 12.6. The zero-order valence-electron chi connectivity index (χ0n) is 9.77. The first-order valence-corrected chi connectivity index (χ1v) is 6.85. The normalized spacial score (nSPS) is 11.7. The van der Waals surface area contributed by atoms with Crippen LogP contribution in [0.15, 0.2) is 10.8 Å². The zero-order valence-corrected chi connectivity index (χ0v) is 11.4. The van der Waals surface area contributed by atoms with E-state index in [4.69, 9.17) is 4.74 Å². The highest BCUT2D eigenvalue weighted by molar-refractivity contribution is 7.37. The second-order valence-electron chi connectivity index (χ2n) is 4.62. The van der Waals surface area contributed by atoms with Crippen LogP contribution in [0.5, 0.6) is 0 Å². The van der Waals surface area contributed by atoms with Gasteiger partial charge >= 0.3 is 5.97 Å². The van der Waals surface area contributed by atoms with Crippen LogP contribution in [0.2, 0.25) is 0 Å². The molecule has 2 heterocycles. The highest BCUT2D eigenvalue weighted by atomic mass is 32.2. The van der Waals surface area contributed by atoms with Crippen molar-refractivity contribution in [3.05, 3.63) is 21.9 Å². The molecular formula is C12H12O3S2. The molecule has 0 saturated carbocycles. The van der Waals surface area contributed by atoms with E-state index in [2.05, 4.69) is 0 Å². The maximum Gasteiger partial charge on any atom is 0.340 e. The van der Waals surface area contributed by atoms with Gasteiger partial charge in [0.25, 0.3) is 0 Å². The quantitative estimate of drug-likeness (QED) is 0.615. The first-order chi connectivity index (χ1) is 7.92. The van der Waals surface area contributed by atoms with Crippen LogP contribution in [0, 0.1) is 0 Å². The molecule has 5 heteroatoms. The summed E-state index contributed by atoms with van der Waals surface area (Å²) in [6.45, 7) is 5.47. The molecule has 3 nitrogen and oxygen atoms in total. The van der Waals surface area contributed by atoms with Crippen molar-refractivity contribution in [1.29, 1.82) is 0 Å². The molecule has 0 aliphatic heterocycles. The van der Waals surface area contributed by atoms with Crippen molar-refractivity contribution >= 4 is 44.3 Å². The largest absolute Gasteiger partial charge is 0.456 e. The lowest BCUT2D eigenvalue weighted by atomic mass is 10.1. The Morgan fingerprint density at radius 1 is 1.29 bits per heavy atom. The highest BCUT2D eigenvalue weighted by Gasteiger charge is 2.22. The second-order valence-corrected chi connectivity index (χ2v) is 6.64. The van der Waals surface area contributed by atoms with Crippen LogP contribution in [0.4, 0.5) is 0 Å². The number of carbonyl (C=O) groups is 2. The molecule has 0 spiro atoms. The summed E-state index contributed by atoms with van der Waals surface area (Å²) in [4.78, 5) is 22.9. The summed E-state index contributed by atoms with van der Waals surface area (Å²) in [6, 6.07) is 0. The Labute approximate surface area is 107 Å². The fraction of sp³-hybridized carbons (Fsp3) is 0.333. The predicted octanol–water partition coefficient (Wildman–Crippen LogP) is 3.73. The van der Waals surface area contributed by atoms with E-state index in [9.17, 15) is 9.59 Å². The molecule has 2 rings (SSSR count). The van der Waals surface area contributed by atoms with Crippen LogP contribution < -0.4 is 0 Å². The van der Waals surface area contributed by atoms with Crippen molar-refractivity contribution in [2.24, 2.45) is 0 Å². The number of hydrogen-bond donors (Lipinski definition) is 0. The van der Waals surface area contributed by atoms with Gasteiger partial charge in [-0.05, 0) is 20.8 Å². The van der Waals surface area contributed by atoms with Gasteiger partial charge in [0.05, 0.1) is 9.58 Å². The Morgan fingerprint density at radius 3 is 2.53 bits per heavy atom. The third-order valence-corrected chi connectivity index (χ3v) is 4.22. The minimum absolute atomic E-state index is 0.370. The number of hydrogen-bond acceptors (Lipinski definition) is 5. The summed E-state index contributed by atoms with van der Waals surface area (Å²) in [5.74, 6) is -0.370. The van der Waals surface area contributed by atoms with Gasteiger partial charge in [0.1, 0.15) is 5.60 Å². The Balaban J connectivity index is 2.45. The van der Waals surface area contributed by atoms with Gasteiger partial charge in [-0.1, -0.05) is 0 Å². The smallest absolute Gasteiger partial charge is 0.340 e. The van der Waals surface area contributed by atoms with Crippen LogP contribution >= 0.6 is 22.7 Å². The molecular weight excluding hydrogens is 256 g/mol. The lowest BCUT2D eigenvalue weighted by molar-refractivity contribution is 0.00724. The van der Waals surface area contributed by atoms with Crippen LogP contribution in [-0.2, 0) is 4.74 Å². The van der Waals surface area contributed by atoms with Crippen molar-refractivity contribution in [2.45, 2.75) is 26.4 Å². The molecule has 0 atom stereocenters. The molecule has 0 radical (unpaired) electrons. The predicted molar refractivity (Wildman–Crippen MR) is 70.3 cm³/mol. The van der Waals surface area contributed by atoms with E-state index in [1.54, 1.807) is 10.8 Å². The summed E-state index contributed by atoms with van der Waals surface area (Å²) in [7, 11) is 0. The molecule has 2 aromatic rings. The number of ether oxygens (including phenoxy) is 1. The maximum atomic E-state index is 12.0. The molecule has 2 aromatic heterocycles. The van der Waals surface area contributed by atoms with Gasteiger partial charge in [0, 0.05) is 21.7 Å². The third kappa shape index (κ3) is 2.40. The standard InChI is InChI=1S/C12H12O3S2/c1-12(2,3)15-10(14)8-6-17-11-9(8)7(4-13)5-16-11/h4-6H,1-3H3. The third-order valence-electron chi connectivity index (χ3n) is 2.08. The highest BCUT2D eigenvalue weighted by Crippen LogP contribution is 2.34. The van der Waals surface area contributed by atoms with E-state index in [1.807, 2.05) is 20.8 Å². The summed E-state index contributed by atoms with van der Waals surface area (Å²) < 4.78 is 6.30. The minimum atomic E-state index is -0.525. The molecule has 0 bridgehead atoms. The number of aldehydes is 1. The first kappa shape index (κ1) is 12.3. The van der Waals surface area contributed by atoms with Crippen LogP contribution in [0.3, 0.4) is 0 Å².